The van der Waals surface area contributed by atoms with Crippen LogP contribution in [0.1, 0.15) is 11.1 Å². The fourth-order valence-corrected chi connectivity index (χ4v) is 3.52. The number of carbonyl (C=O) groups is 1. The zero-order valence-corrected chi connectivity index (χ0v) is 17.4. The van der Waals surface area contributed by atoms with Crippen LogP contribution in [0.2, 0.25) is 0 Å². The lowest BCUT2D eigenvalue weighted by Gasteiger charge is -2.08. The number of nitro groups is 1. The molecule has 10 heteroatoms. The number of nitrogens with one attached hydrogen (secondary N) is 2. The molecule has 0 fully saturated rings. The smallest absolute Gasteiger partial charge is 0.293 e. The van der Waals surface area contributed by atoms with Crippen molar-refractivity contribution in [1.29, 1.82) is 0 Å². The highest BCUT2D eigenvalue weighted by atomic mass is 79.9. The molecule has 2 N–H and O–H groups in total. The molecule has 0 aliphatic rings. The van der Waals surface area contributed by atoms with Crippen LogP contribution in [0, 0.1) is 24.0 Å². The normalized spacial score (nSPS) is 10.7. The van der Waals surface area contributed by atoms with Gasteiger partial charge >= 0.3 is 0 Å². The lowest BCUT2D eigenvalue weighted by Crippen LogP contribution is -2.15. The summed E-state index contributed by atoms with van der Waals surface area (Å²) < 4.78 is 0.877. The fraction of sp³-hybridized carbons (Fsp3) is 0.167. The minimum atomic E-state index is -0.505. The summed E-state index contributed by atoms with van der Waals surface area (Å²) in [5, 5.41) is 21.2. The van der Waals surface area contributed by atoms with Crippen molar-refractivity contribution < 1.29 is 9.72 Å². The maximum Gasteiger partial charge on any atom is 0.293 e. The Morgan fingerprint density at radius 1 is 1.29 bits per heavy atom. The van der Waals surface area contributed by atoms with Crippen molar-refractivity contribution in [2.45, 2.75) is 19.0 Å². The van der Waals surface area contributed by atoms with Crippen molar-refractivity contribution in [3.05, 3.63) is 62.1 Å². The number of carbonyl (C=O) groups excluding carboxylic acids is 1. The standard InChI is InChI=1S/C18H16BrN5O3S/c1-10-7-14(15(24(26)27)8-11(10)2)20-16(25)9-28-18-21-17(22-23-18)12-5-3-4-6-13(12)19/h3-8H,9H2,1-2H3,(H,20,25)(H,21,22,23). The van der Waals surface area contributed by atoms with Gasteiger partial charge in [-0.15, -0.1) is 5.10 Å². The first-order chi connectivity index (χ1) is 13.3. The van der Waals surface area contributed by atoms with E-state index in [0.717, 1.165) is 32.9 Å². The van der Waals surface area contributed by atoms with Crippen LogP contribution >= 0.6 is 27.7 Å². The monoisotopic (exact) mass is 461 g/mol. The lowest BCUT2D eigenvalue weighted by molar-refractivity contribution is -0.384. The molecule has 144 valence electrons. The number of anilines is 1. The number of aromatic amines is 1. The molecule has 1 aromatic heterocycles. The number of nitro benzene ring substituents is 1. The van der Waals surface area contributed by atoms with Gasteiger partial charge in [0.25, 0.3) is 5.69 Å². The van der Waals surface area contributed by atoms with Crippen molar-refractivity contribution in [3.8, 4) is 11.4 Å². The van der Waals surface area contributed by atoms with Crippen LogP contribution in [0.5, 0.6) is 0 Å². The Morgan fingerprint density at radius 2 is 2.00 bits per heavy atom. The van der Waals surface area contributed by atoms with E-state index in [9.17, 15) is 14.9 Å². The van der Waals surface area contributed by atoms with Gasteiger partial charge in [-0.3, -0.25) is 20.0 Å². The number of halogens is 1. The van der Waals surface area contributed by atoms with Gasteiger partial charge in [-0.2, -0.15) is 0 Å². The van der Waals surface area contributed by atoms with Crippen LogP contribution < -0.4 is 5.32 Å². The third kappa shape index (κ3) is 4.57. The first-order valence-corrected chi connectivity index (χ1v) is 9.98. The third-order valence-corrected chi connectivity index (χ3v) is 5.55. The van der Waals surface area contributed by atoms with Crippen molar-refractivity contribution >= 4 is 45.0 Å². The van der Waals surface area contributed by atoms with E-state index in [0.29, 0.717) is 11.0 Å². The molecule has 0 unspecified atom stereocenters. The van der Waals surface area contributed by atoms with Crippen LogP contribution in [-0.2, 0) is 4.79 Å². The molecule has 8 nitrogen and oxygen atoms in total. The van der Waals surface area contributed by atoms with E-state index in [2.05, 4.69) is 36.4 Å². The fourth-order valence-electron chi connectivity index (χ4n) is 2.45. The highest BCUT2D eigenvalue weighted by Gasteiger charge is 2.18. The van der Waals surface area contributed by atoms with E-state index in [1.165, 1.54) is 6.07 Å². The third-order valence-electron chi connectivity index (χ3n) is 4.01. The number of hydrogen-bond acceptors (Lipinski definition) is 6. The molecule has 1 heterocycles. The largest absolute Gasteiger partial charge is 0.320 e. The number of rotatable bonds is 6. The number of H-pyrrole nitrogens is 1. The summed E-state index contributed by atoms with van der Waals surface area (Å²) >= 11 is 4.60. The van der Waals surface area contributed by atoms with E-state index >= 15 is 0 Å². The topological polar surface area (TPSA) is 114 Å². The molecule has 0 saturated heterocycles. The van der Waals surface area contributed by atoms with Gasteiger partial charge in [0, 0.05) is 16.1 Å². The lowest BCUT2D eigenvalue weighted by atomic mass is 10.1. The van der Waals surface area contributed by atoms with Crippen LogP contribution in [0.15, 0.2) is 46.0 Å². The van der Waals surface area contributed by atoms with Gasteiger partial charge in [-0.05, 0) is 37.1 Å². The zero-order chi connectivity index (χ0) is 20.3. The van der Waals surface area contributed by atoms with E-state index in [-0.39, 0.29) is 23.0 Å². The van der Waals surface area contributed by atoms with E-state index < -0.39 is 4.92 Å². The summed E-state index contributed by atoms with van der Waals surface area (Å²) in [5.41, 5.74) is 2.57. The van der Waals surface area contributed by atoms with E-state index in [1.807, 2.05) is 31.2 Å². The summed E-state index contributed by atoms with van der Waals surface area (Å²) in [6, 6.07) is 10.6. The maximum atomic E-state index is 12.3. The molecule has 0 saturated carbocycles. The summed E-state index contributed by atoms with van der Waals surface area (Å²) in [4.78, 5) is 27.4. The van der Waals surface area contributed by atoms with Crippen molar-refractivity contribution in [1.82, 2.24) is 15.2 Å². The Labute approximate surface area is 173 Å². The average molecular weight is 462 g/mol. The number of aryl methyl sites for hydroxylation is 2. The molecule has 0 radical (unpaired) electrons. The quantitative estimate of drug-likeness (QED) is 0.317. The van der Waals surface area contributed by atoms with Gasteiger partial charge in [0.05, 0.1) is 10.7 Å². The molecule has 0 spiro atoms. The van der Waals surface area contributed by atoms with Crippen molar-refractivity contribution in [3.63, 3.8) is 0 Å². The number of aromatic nitrogens is 3. The molecular formula is C18H16BrN5O3S. The molecule has 3 rings (SSSR count). The van der Waals surface area contributed by atoms with Crippen molar-refractivity contribution in [2.24, 2.45) is 0 Å². The summed E-state index contributed by atoms with van der Waals surface area (Å²) in [5.74, 6) is 0.237. The SMILES string of the molecule is Cc1cc(NC(=O)CSc2n[nH]c(-c3ccccc3Br)n2)c([N+](=O)[O-])cc1C. The summed E-state index contributed by atoms with van der Waals surface area (Å²) in [7, 11) is 0. The minimum Gasteiger partial charge on any atom is -0.320 e. The molecule has 28 heavy (non-hydrogen) atoms. The van der Waals surface area contributed by atoms with Gasteiger partial charge in [0.2, 0.25) is 11.1 Å². The molecule has 0 aliphatic heterocycles. The molecular weight excluding hydrogens is 446 g/mol. The predicted octanol–water partition coefficient (Wildman–Crippen LogP) is 4.49. The van der Waals surface area contributed by atoms with Gasteiger partial charge in [0.1, 0.15) is 5.69 Å². The highest BCUT2D eigenvalue weighted by Crippen LogP contribution is 2.29. The highest BCUT2D eigenvalue weighted by molar-refractivity contribution is 9.10. The maximum absolute atomic E-state index is 12.3. The Hall–Kier alpha value is -2.72. The Balaban J connectivity index is 1.67. The minimum absolute atomic E-state index is 0.0251. The van der Waals surface area contributed by atoms with Crippen LogP contribution in [0.25, 0.3) is 11.4 Å². The van der Waals surface area contributed by atoms with Crippen LogP contribution in [-0.4, -0.2) is 31.8 Å². The Morgan fingerprint density at radius 3 is 2.71 bits per heavy atom. The molecule has 0 aliphatic carbocycles. The second kappa shape index (κ2) is 8.53. The Kier molecular flexibility index (Phi) is 6.10. The van der Waals surface area contributed by atoms with E-state index in [1.54, 1.807) is 13.0 Å². The molecule has 3 aromatic rings. The summed E-state index contributed by atoms with van der Waals surface area (Å²) in [6.07, 6.45) is 0. The first-order valence-electron chi connectivity index (χ1n) is 8.20. The van der Waals surface area contributed by atoms with Gasteiger partial charge in [-0.25, -0.2) is 4.98 Å². The number of benzene rings is 2. The van der Waals surface area contributed by atoms with Gasteiger partial charge in [0.15, 0.2) is 5.82 Å². The van der Waals surface area contributed by atoms with Crippen LogP contribution in [0.4, 0.5) is 11.4 Å². The molecule has 0 atom stereocenters. The number of hydrogen-bond donors (Lipinski definition) is 2. The number of nitrogens with zero attached hydrogens (tertiary/aromatic N) is 3. The summed E-state index contributed by atoms with van der Waals surface area (Å²) in [6.45, 7) is 3.62. The van der Waals surface area contributed by atoms with Crippen LogP contribution in [0.3, 0.4) is 0 Å². The van der Waals surface area contributed by atoms with Gasteiger partial charge < -0.3 is 5.32 Å². The van der Waals surface area contributed by atoms with Crippen molar-refractivity contribution in [2.75, 3.05) is 11.1 Å². The average Bonchev–Trinajstić information content (AvgIpc) is 3.12. The second-order valence-corrected chi connectivity index (χ2v) is 7.79. The predicted molar refractivity (Wildman–Crippen MR) is 111 cm³/mol. The Bertz CT molecular complexity index is 1050. The first kappa shape index (κ1) is 20.0. The number of amides is 1. The molecule has 0 bridgehead atoms. The molecule has 1 amide bonds. The second-order valence-electron chi connectivity index (χ2n) is 5.99. The zero-order valence-electron chi connectivity index (χ0n) is 15.0. The van der Waals surface area contributed by atoms with Gasteiger partial charge in [-0.1, -0.05) is 45.9 Å². The van der Waals surface area contributed by atoms with E-state index in [4.69, 9.17) is 0 Å². The molecule has 2 aromatic carbocycles. The number of thioether (sulfide) groups is 1.